The number of rotatable bonds is 5. The van der Waals surface area contributed by atoms with E-state index in [1.54, 1.807) is 0 Å². The molecule has 0 unspecified atom stereocenters. The molecule has 1 aliphatic rings. The van der Waals surface area contributed by atoms with Gasteiger partial charge in [-0.1, -0.05) is 6.07 Å². The highest BCUT2D eigenvalue weighted by atomic mass is 32.1. The zero-order chi connectivity index (χ0) is 12.8. The van der Waals surface area contributed by atoms with Crippen LogP contribution in [0.2, 0.25) is 0 Å². The topological polar surface area (TPSA) is 25.4 Å². The van der Waals surface area contributed by atoms with Crippen molar-refractivity contribution in [3.63, 3.8) is 0 Å². The van der Waals surface area contributed by atoms with E-state index < -0.39 is 0 Å². The summed E-state index contributed by atoms with van der Waals surface area (Å²) in [5.41, 5.74) is 1.44. The van der Waals surface area contributed by atoms with E-state index in [9.17, 15) is 0 Å². The summed E-state index contributed by atoms with van der Waals surface area (Å²) in [7, 11) is 2.16. The monoisotopic (exact) mass is 266 g/mol. The molecule has 2 heterocycles. The molecule has 0 aliphatic carbocycles. The van der Waals surface area contributed by atoms with Crippen molar-refractivity contribution in [2.45, 2.75) is 19.4 Å². The molecule has 0 amide bonds. The van der Waals surface area contributed by atoms with Crippen molar-refractivity contribution in [3.8, 4) is 0 Å². The SMILES string of the molecule is CN(Cc1ccccn1)CC1(CS)CCOCC1. The molecule has 1 saturated heterocycles. The molecule has 3 nitrogen and oxygen atoms in total. The highest BCUT2D eigenvalue weighted by molar-refractivity contribution is 7.80. The lowest BCUT2D eigenvalue weighted by atomic mass is 9.81. The number of hydrogen-bond acceptors (Lipinski definition) is 4. The maximum Gasteiger partial charge on any atom is 0.0543 e. The molecule has 1 aromatic heterocycles. The van der Waals surface area contributed by atoms with Gasteiger partial charge in [0, 0.05) is 32.5 Å². The van der Waals surface area contributed by atoms with Gasteiger partial charge in [-0.25, -0.2) is 0 Å². The Kier molecular flexibility index (Phi) is 5.03. The number of hydrogen-bond donors (Lipinski definition) is 1. The van der Waals surface area contributed by atoms with Gasteiger partial charge >= 0.3 is 0 Å². The van der Waals surface area contributed by atoms with Crippen LogP contribution < -0.4 is 0 Å². The quantitative estimate of drug-likeness (QED) is 0.828. The Hall–Kier alpha value is -0.580. The van der Waals surface area contributed by atoms with E-state index in [1.165, 1.54) is 0 Å². The molecule has 0 bridgehead atoms. The van der Waals surface area contributed by atoms with E-state index in [0.29, 0.717) is 5.41 Å². The predicted octanol–water partition coefficient (Wildman–Crippen LogP) is 2.24. The molecule has 0 aromatic carbocycles. The van der Waals surface area contributed by atoms with Crippen LogP contribution in [-0.2, 0) is 11.3 Å². The first kappa shape index (κ1) is 13.8. The molecular weight excluding hydrogens is 244 g/mol. The van der Waals surface area contributed by atoms with Gasteiger partial charge in [0.15, 0.2) is 0 Å². The van der Waals surface area contributed by atoms with E-state index in [-0.39, 0.29) is 0 Å². The molecule has 0 N–H and O–H groups in total. The van der Waals surface area contributed by atoms with Gasteiger partial charge in [-0.3, -0.25) is 9.88 Å². The van der Waals surface area contributed by atoms with Crippen molar-refractivity contribution < 1.29 is 4.74 Å². The maximum atomic E-state index is 5.46. The second-order valence-corrected chi connectivity index (χ2v) is 5.58. The lowest BCUT2D eigenvalue weighted by molar-refractivity contribution is 0.0104. The third-order valence-electron chi connectivity index (χ3n) is 3.65. The summed E-state index contributed by atoms with van der Waals surface area (Å²) in [6, 6.07) is 6.07. The maximum absolute atomic E-state index is 5.46. The standard InChI is InChI=1S/C14H22N2OS/c1-16(10-13-4-2-3-7-15-13)11-14(12-18)5-8-17-9-6-14/h2-4,7,18H,5-6,8-12H2,1H3. The average molecular weight is 266 g/mol. The van der Waals surface area contributed by atoms with E-state index in [4.69, 9.17) is 4.74 Å². The molecule has 1 aliphatic heterocycles. The first-order valence-electron chi connectivity index (χ1n) is 6.51. The summed E-state index contributed by atoms with van der Waals surface area (Å²) in [4.78, 5) is 6.73. The molecule has 18 heavy (non-hydrogen) atoms. The van der Waals surface area contributed by atoms with Crippen LogP contribution in [0.15, 0.2) is 24.4 Å². The van der Waals surface area contributed by atoms with Crippen LogP contribution >= 0.6 is 12.6 Å². The minimum Gasteiger partial charge on any atom is -0.381 e. The van der Waals surface area contributed by atoms with Gasteiger partial charge in [0.2, 0.25) is 0 Å². The van der Waals surface area contributed by atoms with Crippen LogP contribution in [0, 0.1) is 5.41 Å². The van der Waals surface area contributed by atoms with Gasteiger partial charge in [0.05, 0.1) is 5.69 Å². The lowest BCUT2D eigenvalue weighted by Gasteiger charge is -2.39. The average Bonchev–Trinajstić information content (AvgIpc) is 2.41. The van der Waals surface area contributed by atoms with Gasteiger partial charge in [-0.05, 0) is 43.2 Å². The van der Waals surface area contributed by atoms with Crippen molar-refractivity contribution >= 4 is 12.6 Å². The third kappa shape index (κ3) is 3.70. The molecule has 4 heteroatoms. The van der Waals surface area contributed by atoms with Crippen LogP contribution in [0.4, 0.5) is 0 Å². The fourth-order valence-corrected chi connectivity index (χ4v) is 2.98. The van der Waals surface area contributed by atoms with Crippen molar-refractivity contribution in [3.05, 3.63) is 30.1 Å². The molecule has 0 radical (unpaired) electrons. The first-order chi connectivity index (χ1) is 8.74. The summed E-state index contributed by atoms with van der Waals surface area (Å²) >= 11 is 4.55. The Morgan fingerprint density at radius 2 is 2.17 bits per heavy atom. The number of nitrogens with zero attached hydrogens (tertiary/aromatic N) is 2. The van der Waals surface area contributed by atoms with Gasteiger partial charge in [-0.15, -0.1) is 0 Å². The predicted molar refractivity (Wildman–Crippen MR) is 76.9 cm³/mol. The number of ether oxygens (including phenoxy) is 1. The number of pyridine rings is 1. The summed E-state index contributed by atoms with van der Waals surface area (Å²) < 4.78 is 5.46. The zero-order valence-corrected chi connectivity index (χ0v) is 11.9. The molecule has 1 aromatic rings. The summed E-state index contributed by atoms with van der Waals surface area (Å²) in [5.74, 6) is 0.933. The van der Waals surface area contributed by atoms with E-state index in [1.807, 2.05) is 18.3 Å². The first-order valence-corrected chi connectivity index (χ1v) is 7.14. The Labute approximate surface area is 115 Å². The number of aromatic nitrogens is 1. The minimum atomic E-state index is 0.310. The van der Waals surface area contributed by atoms with Gasteiger partial charge in [0.1, 0.15) is 0 Å². The van der Waals surface area contributed by atoms with Crippen molar-refractivity contribution in [2.75, 3.05) is 32.6 Å². The number of thiol groups is 1. The molecule has 0 saturated carbocycles. The smallest absolute Gasteiger partial charge is 0.0543 e. The Morgan fingerprint density at radius 1 is 1.39 bits per heavy atom. The fraction of sp³-hybridized carbons (Fsp3) is 0.643. The highest BCUT2D eigenvalue weighted by Gasteiger charge is 2.32. The van der Waals surface area contributed by atoms with Crippen LogP contribution in [0.3, 0.4) is 0 Å². The summed E-state index contributed by atoms with van der Waals surface area (Å²) in [6.07, 6.45) is 4.08. The normalized spacial score (nSPS) is 19.1. The highest BCUT2D eigenvalue weighted by Crippen LogP contribution is 2.32. The van der Waals surface area contributed by atoms with Gasteiger partial charge < -0.3 is 4.74 Å². The zero-order valence-electron chi connectivity index (χ0n) is 11.0. The van der Waals surface area contributed by atoms with Crippen LogP contribution in [-0.4, -0.2) is 42.4 Å². The van der Waals surface area contributed by atoms with Crippen LogP contribution in [0.1, 0.15) is 18.5 Å². The third-order valence-corrected chi connectivity index (χ3v) is 4.32. The fourth-order valence-electron chi connectivity index (χ4n) is 2.57. The molecule has 1 fully saturated rings. The lowest BCUT2D eigenvalue weighted by Crippen LogP contribution is -2.41. The second kappa shape index (κ2) is 6.55. The molecule has 100 valence electrons. The Morgan fingerprint density at radius 3 is 2.78 bits per heavy atom. The van der Waals surface area contributed by atoms with E-state index in [0.717, 1.165) is 50.6 Å². The largest absolute Gasteiger partial charge is 0.381 e. The summed E-state index contributed by atoms with van der Waals surface area (Å²) in [6.45, 7) is 3.71. The summed E-state index contributed by atoms with van der Waals surface area (Å²) in [5, 5.41) is 0. The van der Waals surface area contributed by atoms with E-state index in [2.05, 4.69) is 35.6 Å². The van der Waals surface area contributed by atoms with Crippen LogP contribution in [0.25, 0.3) is 0 Å². The van der Waals surface area contributed by atoms with Gasteiger partial charge in [0.25, 0.3) is 0 Å². The van der Waals surface area contributed by atoms with Crippen molar-refractivity contribution in [1.82, 2.24) is 9.88 Å². The Balaban J connectivity index is 1.91. The second-order valence-electron chi connectivity index (χ2n) is 5.26. The molecular formula is C14H22N2OS. The van der Waals surface area contributed by atoms with Crippen molar-refractivity contribution in [2.24, 2.45) is 5.41 Å². The minimum absolute atomic E-state index is 0.310. The van der Waals surface area contributed by atoms with E-state index >= 15 is 0 Å². The van der Waals surface area contributed by atoms with Crippen LogP contribution in [0.5, 0.6) is 0 Å². The molecule has 2 rings (SSSR count). The van der Waals surface area contributed by atoms with Crippen molar-refractivity contribution in [1.29, 1.82) is 0 Å². The van der Waals surface area contributed by atoms with Gasteiger partial charge in [-0.2, -0.15) is 12.6 Å². The molecule has 0 spiro atoms. The Bertz CT molecular complexity index is 352. The molecule has 0 atom stereocenters.